The highest BCUT2D eigenvalue weighted by Gasteiger charge is 2.61. The van der Waals surface area contributed by atoms with E-state index in [1.807, 2.05) is 0 Å². The molecular formula is C25H35NOS. The zero-order chi connectivity index (χ0) is 19.5. The second kappa shape index (κ2) is 6.79. The van der Waals surface area contributed by atoms with Gasteiger partial charge in [0.15, 0.2) is 0 Å². The summed E-state index contributed by atoms with van der Waals surface area (Å²) in [6.07, 6.45) is 9.99. The molecule has 7 atom stereocenters. The molecule has 0 unspecified atom stereocenters. The van der Waals surface area contributed by atoms with Crippen LogP contribution >= 0.6 is 11.8 Å². The van der Waals surface area contributed by atoms with Gasteiger partial charge in [-0.25, -0.2) is 0 Å². The van der Waals surface area contributed by atoms with E-state index >= 15 is 0 Å². The van der Waals surface area contributed by atoms with Crippen LogP contribution in [0.4, 0.5) is 0 Å². The lowest BCUT2D eigenvalue weighted by molar-refractivity contribution is -0.156. The molecule has 1 aromatic rings. The van der Waals surface area contributed by atoms with E-state index in [1.165, 1.54) is 43.4 Å². The van der Waals surface area contributed by atoms with E-state index in [0.29, 0.717) is 22.8 Å². The Morgan fingerprint density at radius 1 is 0.929 bits per heavy atom. The number of likely N-dealkylation sites (tertiary alicyclic amines) is 1. The third-order valence-electron chi connectivity index (χ3n) is 9.49. The van der Waals surface area contributed by atoms with Crippen LogP contribution in [0.5, 0.6) is 0 Å². The van der Waals surface area contributed by atoms with E-state index in [1.54, 1.807) is 0 Å². The van der Waals surface area contributed by atoms with Crippen LogP contribution in [0.2, 0.25) is 0 Å². The number of carbonyl (C=O) groups excluding carboxylic acids is 1. The Morgan fingerprint density at radius 3 is 2.46 bits per heavy atom. The van der Waals surface area contributed by atoms with Gasteiger partial charge in [0.25, 0.3) is 0 Å². The maximum atomic E-state index is 12.3. The zero-order valence-corrected chi connectivity index (χ0v) is 18.5. The molecule has 3 saturated carbocycles. The van der Waals surface area contributed by atoms with E-state index in [4.69, 9.17) is 0 Å². The summed E-state index contributed by atoms with van der Waals surface area (Å²) in [5, 5.41) is 0.766. The van der Waals surface area contributed by atoms with Crippen LogP contribution in [0, 0.1) is 28.6 Å². The minimum absolute atomic E-state index is 0.345. The van der Waals surface area contributed by atoms with Crippen LogP contribution in [0.1, 0.15) is 65.2 Å². The molecule has 0 N–H and O–H groups in total. The molecule has 2 nitrogen and oxygen atoms in total. The van der Waals surface area contributed by atoms with Crippen molar-refractivity contribution in [1.82, 2.24) is 4.90 Å². The fourth-order valence-electron chi connectivity index (χ4n) is 7.96. The molecule has 0 radical (unpaired) electrons. The summed E-state index contributed by atoms with van der Waals surface area (Å²) < 4.78 is 0. The average Bonchev–Trinajstić information content (AvgIpc) is 3.02. The SMILES string of the molecule is CN1C(=O)CC[C@]2(C)[C@H]3CC[C@]4(C)[C@H](Sc5ccccc5)CC[C@H]4[C@@H]3CC[C@@H]12. The lowest BCUT2D eigenvalue weighted by Gasteiger charge is -2.61. The number of piperidine rings is 1. The molecule has 5 rings (SSSR count). The van der Waals surface area contributed by atoms with E-state index in [9.17, 15) is 4.79 Å². The first-order valence-corrected chi connectivity index (χ1v) is 12.3. The molecule has 4 fully saturated rings. The van der Waals surface area contributed by atoms with Crippen LogP contribution in [0.25, 0.3) is 0 Å². The van der Waals surface area contributed by atoms with E-state index < -0.39 is 0 Å². The zero-order valence-electron chi connectivity index (χ0n) is 17.7. The molecular weight excluding hydrogens is 362 g/mol. The van der Waals surface area contributed by atoms with Gasteiger partial charge < -0.3 is 4.90 Å². The molecule has 1 aromatic carbocycles. The smallest absolute Gasteiger partial charge is 0.222 e. The summed E-state index contributed by atoms with van der Waals surface area (Å²) in [5.41, 5.74) is 0.832. The minimum atomic E-state index is 0.345. The second-order valence-corrected chi connectivity index (χ2v) is 11.8. The number of rotatable bonds is 2. The highest BCUT2D eigenvalue weighted by molar-refractivity contribution is 8.00. The van der Waals surface area contributed by atoms with Crippen molar-refractivity contribution < 1.29 is 4.79 Å². The van der Waals surface area contributed by atoms with Gasteiger partial charge in [-0.1, -0.05) is 32.0 Å². The Kier molecular flexibility index (Phi) is 4.61. The number of hydrogen-bond donors (Lipinski definition) is 0. The standard InChI is InChI=1S/C25H35NOS/c1-24-16-14-23(27)26(3)21(24)11-9-18-19-10-12-22(25(19,2)15-13-20(18)24)28-17-7-5-4-6-8-17/h4-8,18-22H,9-16H2,1-3H3/t18-,19-,20-,21+,22+,24+,25-/m0/s1. The summed E-state index contributed by atoms with van der Waals surface area (Å²) in [5.74, 6) is 2.96. The van der Waals surface area contributed by atoms with Crippen molar-refractivity contribution in [2.75, 3.05) is 7.05 Å². The molecule has 28 heavy (non-hydrogen) atoms. The number of thioether (sulfide) groups is 1. The lowest BCUT2D eigenvalue weighted by atomic mass is 9.47. The van der Waals surface area contributed by atoms with Crippen molar-refractivity contribution in [3.63, 3.8) is 0 Å². The number of amides is 1. The van der Waals surface area contributed by atoms with Crippen LogP contribution < -0.4 is 0 Å². The van der Waals surface area contributed by atoms with Gasteiger partial charge in [0.05, 0.1) is 0 Å². The molecule has 1 amide bonds. The summed E-state index contributed by atoms with van der Waals surface area (Å²) in [6, 6.07) is 11.5. The van der Waals surface area contributed by atoms with Crippen molar-refractivity contribution in [2.24, 2.45) is 28.6 Å². The molecule has 1 aliphatic heterocycles. The number of fused-ring (bicyclic) bond motifs is 5. The maximum Gasteiger partial charge on any atom is 0.222 e. The average molecular weight is 398 g/mol. The highest BCUT2D eigenvalue weighted by atomic mass is 32.2. The number of benzene rings is 1. The maximum absolute atomic E-state index is 12.3. The van der Waals surface area contributed by atoms with Gasteiger partial charge in [-0.05, 0) is 85.7 Å². The Balaban J connectivity index is 1.39. The molecule has 1 heterocycles. The van der Waals surface area contributed by atoms with Gasteiger partial charge >= 0.3 is 0 Å². The fraction of sp³-hybridized carbons (Fsp3) is 0.720. The molecule has 1 saturated heterocycles. The monoisotopic (exact) mass is 397 g/mol. The first-order chi connectivity index (χ1) is 13.4. The lowest BCUT2D eigenvalue weighted by Crippen LogP contribution is -2.61. The molecule has 3 aliphatic carbocycles. The molecule has 3 heteroatoms. The third kappa shape index (κ3) is 2.71. The van der Waals surface area contributed by atoms with E-state index in [2.05, 4.69) is 67.9 Å². The van der Waals surface area contributed by atoms with Gasteiger partial charge in [0.1, 0.15) is 0 Å². The second-order valence-electron chi connectivity index (χ2n) is 10.5. The third-order valence-corrected chi connectivity index (χ3v) is 11.1. The topological polar surface area (TPSA) is 20.3 Å². The first kappa shape index (κ1) is 19.0. The summed E-state index contributed by atoms with van der Waals surface area (Å²) in [7, 11) is 2.07. The minimum Gasteiger partial charge on any atom is -0.342 e. The van der Waals surface area contributed by atoms with Crippen molar-refractivity contribution >= 4 is 17.7 Å². The van der Waals surface area contributed by atoms with Gasteiger partial charge in [-0.15, -0.1) is 11.8 Å². The van der Waals surface area contributed by atoms with Gasteiger partial charge in [0.2, 0.25) is 5.91 Å². The quantitative estimate of drug-likeness (QED) is 0.609. The van der Waals surface area contributed by atoms with Crippen molar-refractivity contribution in [3.05, 3.63) is 30.3 Å². The summed E-state index contributed by atoms with van der Waals surface area (Å²) in [6.45, 7) is 5.15. The largest absolute Gasteiger partial charge is 0.342 e. The van der Waals surface area contributed by atoms with Gasteiger partial charge in [0, 0.05) is 29.7 Å². The molecule has 0 aromatic heterocycles. The molecule has 0 bridgehead atoms. The predicted octanol–water partition coefficient (Wildman–Crippen LogP) is 6.01. The van der Waals surface area contributed by atoms with Crippen molar-refractivity contribution in [1.29, 1.82) is 0 Å². The Bertz CT molecular complexity index is 750. The fourth-order valence-corrected chi connectivity index (χ4v) is 9.42. The molecule has 4 aliphatic rings. The Morgan fingerprint density at radius 2 is 1.68 bits per heavy atom. The number of hydrogen-bond acceptors (Lipinski definition) is 2. The molecule has 152 valence electrons. The van der Waals surface area contributed by atoms with Crippen LogP contribution in [-0.4, -0.2) is 29.1 Å². The van der Waals surface area contributed by atoms with Gasteiger partial charge in [-0.3, -0.25) is 4.79 Å². The Hall–Kier alpha value is -0.960. The normalized spacial score (nSPS) is 45.3. The summed E-state index contributed by atoms with van der Waals surface area (Å²) in [4.78, 5) is 15.9. The number of carbonyl (C=O) groups is 1. The van der Waals surface area contributed by atoms with Crippen LogP contribution in [0.15, 0.2) is 35.2 Å². The van der Waals surface area contributed by atoms with Gasteiger partial charge in [-0.2, -0.15) is 0 Å². The summed E-state index contributed by atoms with van der Waals surface area (Å²) >= 11 is 2.14. The van der Waals surface area contributed by atoms with E-state index in [0.717, 1.165) is 35.8 Å². The highest BCUT2D eigenvalue weighted by Crippen LogP contribution is 2.66. The van der Waals surface area contributed by atoms with Crippen LogP contribution in [-0.2, 0) is 4.79 Å². The van der Waals surface area contributed by atoms with Crippen molar-refractivity contribution in [2.45, 2.75) is 81.4 Å². The predicted molar refractivity (Wildman–Crippen MR) is 116 cm³/mol. The van der Waals surface area contributed by atoms with Crippen LogP contribution in [0.3, 0.4) is 0 Å². The number of nitrogens with zero attached hydrogens (tertiary/aromatic N) is 1. The van der Waals surface area contributed by atoms with Crippen molar-refractivity contribution in [3.8, 4) is 0 Å². The van der Waals surface area contributed by atoms with E-state index in [-0.39, 0.29) is 0 Å². The molecule has 0 spiro atoms. The Labute approximate surface area is 174 Å². The first-order valence-electron chi connectivity index (χ1n) is 11.4.